The van der Waals surface area contributed by atoms with Gasteiger partial charge in [0.25, 0.3) is 0 Å². The van der Waals surface area contributed by atoms with Crippen molar-refractivity contribution in [3.8, 4) is 0 Å². The number of thioether (sulfide) groups is 2. The Morgan fingerprint density at radius 1 is 1.33 bits per heavy atom. The average Bonchev–Trinajstić information content (AvgIpc) is 2.87. The highest BCUT2D eigenvalue weighted by atomic mass is 32.2. The van der Waals surface area contributed by atoms with Crippen molar-refractivity contribution < 1.29 is 13.7 Å². The van der Waals surface area contributed by atoms with Gasteiger partial charge in [0.2, 0.25) is 0 Å². The van der Waals surface area contributed by atoms with Crippen LogP contribution in [0.1, 0.15) is 47.5 Å². The van der Waals surface area contributed by atoms with Gasteiger partial charge in [-0.1, -0.05) is 13.3 Å². The summed E-state index contributed by atoms with van der Waals surface area (Å²) in [6.45, 7) is 10.1. The second-order valence-corrected chi connectivity index (χ2v) is 10.9. The van der Waals surface area contributed by atoms with Crippen molar-refractivity contribution >= 4 is 40.5 Å². The number of hydrogen-bond acceptors (Lipinski definition) is 5. The minimum atomic E-state index is -1.20. The van der Waals surface area contributed by atoms with E-state index >= 15 is 0 Å². The van der Waals surface area contributed by atoms with Crippen molar-refractivity contribution in [1.82, 2.24) is 4.72 Å². The molecule has 1 aliphatic rings. The van der Waals surface area contributed by atoms with Crippen LogP contribution in [-0.2, 0) is 20.5 Å². The van der Waals surface area contributed by atoms with Gasteiger partial charge in [0.05, 0.1) is 28.4 Å². The number of hydrogen-bond donors (Lipinski definition) is 1. The van der Waals surface area contributed by atoms with Crippen LogP contribution in [0.15, 0.2) is 0 Å². The van der Waals surface area contributed by atoms with E-state index in [1.165, 1.54) is 0 Å². The molecule has 0 aromatic carbocycles. The van der Waals surface area contributed by atoms with E-state index in [0.717, 1.165) is 24.3 Å². The first kappa shape index (κ1) is 19.3. The number of esters is 1. The van der Waals surface area contributed by atoms with Crippen LogP contribution >= 0.6 is 23.5 Å². The van der Waals surface area contributed by atoms with E-state index < -0.39 is 15.1 Å². The highest BCUT2D eigenvalue weighted by molar-refractivity contribution is 8.22. The summed E-state index contributed by atoms with van der Waals surface area (Å²) in [5.41, 5.74) is 0. The van der Waals surface area contributed by atoms with E-state index in [-0.39, 0.29) is 16.8 Å². The summed E-state index contributed by atoms with van der Waals surface area (Å²) in [5.74, 6) is 1.66. The number of nitrogens with one attached hydrogen (secondary N) is 1. The molecule has 1 saturated heterocycles. The summed E-state index contributed by atoms with van der Waals surface area (Å²) < 4.78 is 20.0. The first-order chi connectivity index (χ1) is 9.78. The molecular weight excluding hydrogens is 326 g/mol. The fourth-order valence-corrected chi connectivity index (χ4v) is 6.31. The van der Waals surface area contributed by atoms with E-state index in [2.05, 4.69) is 11.6 Å². The molecular formula is C14H27NO3S3. The highest BCUT2D eigenvalue weighted by Gasteiger charge is 2.51. The van der Waals surface area contributed by atoms with Crippen molar-refractivity contribution in [2.45, 2.75) is 62.3 Å². The van der Waals surface area contributed by atoms with E-state index in [1.54, 1.807) is 23.5 Å². The first-order valence-corrected chi connectivity index (χ1v) is 10.5. The van der Waals surface area contributed by atoms with Gasteiger partial charge in [-0.3, -0.25) is 0 Å². The summed E-state index contributed by atoms with van der Waals surface area (Å²) >= 11 is 3.26. The molecule has 1 heterocycles. The quantitative estimate of drug-likeness (QED) is 0.713. The smallest absolute Gasteiger partial charge is 0.334 e. The molecule has 4 nitrogen and oxygen atoms in total. The Hall–Kier alpha value is 0.280. The van der Waals surface area contributed by atoms with E-state index in [4.69, 9.17) is 4.74 Å². The monoisotopic (exact) mass is 353 g/mol. The normalized spacial score (nSPS) is 21.0. The van der Waals surface area contributed by atoms with Crippen molar-refractivity contribution in [2.24, 2.45) is 0 Å². The topological polar surface area (TPSA) is 55.4 Å². The molecule has 7 heteroatoms. The minimum Gasteiger partial charge on any atom is -0.464 e. The van der Waals surface area contributed by atoms with Crippen LogP contribution in [0.2, 0.25) is 0 Å². The van der Waals surface area contributed by atoms with Crippen molar-refractivity contribution in [3.05, 3.63) is 0 Å². The molecule has 124 valence electrons. The Morgan fingerprint density at radius 2 is 1.90 bits per heavy atom. The molecule has 0 radical (unpaired) electrons. The van der Waals surface area contributed by atoms with Crippen LogP contribution in [0.4, 0.5) is 0 Å². The van der Waals surface area contributed by atoms with Gasteiger partial charge in [0.1, 0.15) is 0 Å². The second kappa shape index (κ2) is 8.22. The number of ether oxygens (including phenoxy) is 1. The molecule has 21 heavy (non-hydrogen) atoms. The van der Waals surface area contributed by atoms with Gasteiger partial charge >= 0.3 is 5.97 Å². The van der Waals surface area contributed by atoms with Gasteiger partial charge in [-0.25, -0.2) is 13.7 Å². The van der Waals surface area contributed by atoms with E-state index in [0.29, 0.717) is 6.61 Å². The Bertz CT molecular complexity index is 376. The van der Waals surface area contributed by atoms with Crippen molar-refractivity contribution in [2.75, 3.05) is 18.1 Å². The molecule has 1 N–H and O–H groups in total. The lowest BCUT2D eigenvalue weighted by Crippen LogP contribution is -2.53. The zero-order chi connectivity index (χ0) is 16.1. The maximum atomic E-state index is 12.5. The Balaban J connectivity index is 2.98. The fourth-order valence-electron chi connectivity index (χ4n) is 2.04. The highest BCUT2D eigenvalue weighted by Crippen LogP contribution is 2.48. The SMILES string of the molecule is CCCC(NS(=O)C(C)(C)C)C1(C(=O)OCC)SCCS1. The summed E-state index contributed by atoms with van der Waals surface area (Å²) in [6, 6.07) is -0.140. The molecule has 1 rings (SSSR count). The zero-order valence-electron chi connectivity index (χ0n) is 13.6. The molecule has 0 spiro atoms. The molecule has 2 unspecified atom stereocenters. The van der Waals surface area contributed by atoms with Crippen LogP contribution in [0.25, 0.3) is 0 Å². The predicted octanol–water partition coefficient (Wildman–Crippen LogP) is 2.95. The number of carbonyl (C=O) groups is 1. The number of carbonyl (C=O) groups excluding carboxylic acids is 1. The minimum absolute atomic E-state index is 0.140. The lowest BCUT2D eigenvalue weighted by molar-refractivity contribution is -0.143. The zero-order valence-corrected chi connectivity index (χ0v) is 16.0. The van der Waals surface area contributed by atoms with Gasteiger partial charge in [-0.15, -0.1) is 23.5 Å². The van der Waals surface area contributed by atoms with E-state index in [1.807, 2.05) is 27.7 Å². The maximum absolute atomic E-state index is 12.5. The lowest BCUT2D eigenvalue weighted by atomic mass is 10.1. The summed E-state index contributed by atoms with van der Waals surface area (Å²) in [6.07, 6.45) is 1.74. The Morgan fingerprint density at radius 3 is 2.33 bits per heavy atom. The molecule has 1 fully saturated rings. The van der Waals surface area contributed by atoms with Crippen LogP contribution in [0.3, 0.4) is 0 Å². The maximum Gasteiger partial charge on any atom is 0.334 e. The summed E-state index contributed by atoms with van der Waals surface area (Å²) in [5, 5.41) is 0. The van der Waals surface area contributed by atoms with Crippen molar-refractivity contribution in [1.29, 1.82) is 0 Å². The summed E-state index contributed by atoms with van der Waals surface area (Å²) in [4.78, 5) is 12.5. The van der Waals surface area contributed by atoms with Crippen LogP contribution < -0.4 is 4.72 Å². The van der Waals surface area contributed by atoms with Gasteiger partial charge in [0.15, 0.2) is 4.08 Å². The Labute approximate surface area is 139 Å². The number of rotatable bonds is 7. The van der Waals surface area contributed by atoms with Gasteiger partial charge in [0, 0.05) is 11.5 Å². The average molecular weight is 354 g/mol. The lowest BCUT2D eigenvalue weighted by Gasteiger charge is -2.35. The molecule has 1 aliphatic heterocycles. The third kappa shape index (κ3) is 4.88. The molecule has 2 atom stereocenters. The first-order valence-electron chi connectivity index (χ1n) is 7.41. The molecule has 0 aromatic rings. The third-order valence-electron chi connectivity index (χ3n) is 3.12. The van der Waals surface area contributed by atoms with Crippen LogP contribution in [0.5, 0.6) is 0 Å². The molecule has 0 aliphatic carbocycles. The fraction of sp³-hybridized carbons (Fsp3) is 0.929. The molecule has 0 saturated carbocycles. The van der Waals surface area contributed by atoms with Gasteiger partial charge in [-0.2, -0.15) is 0 Å². The van der Waals surface area contributed by atoms with Crippen LogP contribution in [-0.4, -0.2) is 43.2 Å². The summed E-state index contributed by atoms with van der Waals surface area (Å²) in [7, 11) is -1.20. The van der Waals surface area contributed by atoms with E-state index in [9.17, 15) is 9.00 Å². The second-order valence-electron chi connectivity index (χ2n) is 5.93. The standard InChI is InChI=1S/C14H27NO3S3/c1-6-8-11(15-21(17)13(3,4)5)14(12(16)18-7-2)19-9-10-20-14/h11,15H,6-10H2,1-5H3. The third-order valence-corrected chi connectivity index (χ3v) is 8.27. The van der Waals surface area contributed by atoms with Gasteiger partial charge < -0.3 is 4.74 Å². The largest absolute Gasteiger partial charge is 0.464 e. The van der Waals surface area contributed by atoms with Gasteiger partial charge in [-0.05, 0) is 34.1 Å². The van der Waals surface area contributed by atoms with Crippen molar-refractivity contribution in [3.63, 3.8) is 0 Å². The van der Waals surface area contributed by atoms with Crippen LogP contribution in [0, 0.1) is 0 Å². The Kier molecular flexibility index (Phi) is 7.57. The predicted molar refractivity (Wildman–Crippen MR) is 94.0 cm³/mol. The molecule has 0 bridgehead atoms. The molecule has 0 amide bonds. The molecule has 0 aromatic heterocycles.